The maximum Gasteiger partial charge on any atom is 0.241 e. The predicted molar refractivity (Wildman–Crippen MR) is 73.6 cm³/mol. The van der Waals surface area contributed by atoms with E-state index in [1.54, 1.807) is 12.1 Å². The molecule has 1 aliphatic rings. The zero-order valence-corrected chi connectivity index (χ0v) is 11.8. The number of amides is 1. The minimum absolute atomic E-state index is 0.0261. The second-order valence-electron chi connectivity index (χ2n) is 5.15. The molecule has 0 aromatic heterocycles. The standard InChI is InChI=1S/C13H18N2O3S/c1-8(2)12(14)13(16)15-10-4-3-9-5-6-19(17,18)11(9)7-10/h3-4,7-8,12H,5-6,14H2,1-2H3,(H,15,16)/t12-/m0/s1. The molecule has 1 aromatic rings. The summed E-state index contributed by atoms with van der Waals surface area (Å²) in [4.78, 5) is 12.2. The van der Waals surface area contributed by atoms with Crippen LogP contribution in [0.5, 0.6) is 0 Å². The number of rotatable bonds is 3. The van der Waals surface area contributed by atoms with Crippen LogP contribution in [0.15, 0.2) is 23.1 Å². The average molecular weight is 282 g/mol. The molecule has 104 valence electrons. The Hall–Kier alpha value is -1.40. The van der Waals surface area contributed by atoms with Gasteiger partial charge in [0.1, 0.15) is 0 Å². The van der Waals surface area contributed by atoms with Crippen LogP contribution in [0.1, 0.15) is 19.4 Å². The van der Waals surface area contributed by atoms with E-state index >= 15 is 0 Å². The molecule has 0 saturated heterocycles. The molecular formula is C13H18N2O3S. The summed E-state index contributed by atoms with van der Waals surface area (Å²) in [7, 11) is -3.18. The van der Waals surface area contributed by atoms with E-state index in [9.17, 15) is 13.2 Å². The van der Waals surface area contributed by atoms with Gasteiger partial charge in [-0.1, -0.05) is 19.9 Å². The zero-order chi connectivity index (χ0) is 14.2. The van der Waals surface area contributed by atoms with Crippen LogP contribution < -0.4 is 11.1 Å². The maximum absolute atomic E-state index is 11.8. The smallest absolute Gasteiger partial charge is 0.241 e. The van der Waals surface area contributed by atoms with Crippen molar-refractivity contribution in [3.05, 3.63) is 23.8 Å². The summed E-state index contributed by atoms with van der Waals surface area (Å²) in [6, 6.07) is 4.37. The minimum Gasteiger partial charge on any atom is -0.325 e. The van der Waals surface area contributed by atoms with Crippen LogP contribution in [0.3, 0.4) is 0 Å². The Kier molecular flexibility index (Phi) is 3.64. The number of hydrogen-bond donors (Lipinski definition) is 2. The molecule has 0 bridgehead atoms. The molecule has 0 unspecified atom stereocenters. The number of sulfone groups is 1. The molecule has 5 nitrogen and oxygen atoms in total. The summed E-state index contributed by atoms with van der Waals surface area (Å²) < 4.78 is 23.6. The van der Waals surface area contributed by atoms with Gasteiger partial charge in [-0.15, -0.1) is 0 Å². The first-order valence-electron chi connectivity index (χ1n) is 6.23. The van der Waals surface area contributed by atoms with Crippen molar-refractivity contribution in [1.29, 1.82) is 0 Å². The maximum atomic E-state index is 11.8. The first-order valence-corrected chi connectivity index (χ1v) is 7.88. The molecule has 6 heteroatoms. The number of anilines is 1. The van der Waals surface area contributed by atoms with Crippen molar-refractivity contribution in [3.8, 4) is 0 Å². The highest BCUT2D eigenvalue weighted by atomic mass is 32.2. The van der Waals surface area contributed by atoms with Gasteiger partial charge in [-0.25, -0.2) is 8.42 Å². The Morgan fingerprint density at radius 1 is 1.37 bits per heavy atom. The molecule has 2 rings (SSSR count). The fourth-order valence-electron chi connectivity index (χ4n) is 2.01. The fourth-order valence-corrected chi connectivity index (χ4v) is 3.60. The Morgan fingerprint density at radius 3 is 2.68 bits per heavy atom. The van der Waals surface area contributed by atoms with Gasteiger partial charge in [0, 0.05) is 5.69 Å². The van der Waals surface area contributed by atoms with Crippen LogP contribution in [0, 0.1) is 5.92 Å². The van der Waals surface area contributed by atoms with Crippen molar-refractivity contribution >= 4 is 21.4 Å². The van der Waals surface area contributed by atoms with Crippen LogP contribution in [-0.2, 0) is 21.1 Å². The number of fused-ring (bicyclic) bond motifs is 1. The lowest BCUT2D eigenvalue weighted by Crippen LogP contribution is -2.39. The highest BCUT2D eigenvalue weighted by Gasteiger charge is 2.26. The van der Waals surface area contributed by atoms with Crippen LogP contribution in [0.2, 0.25) is 0 Å². The Morgan fingerprint density at radius 2 is 2.05 bits per heavy atom. The second-order valence-corrected chi connectivity index (χ2v) is 7.23. The normalized spacial score (nSPS) is 18.1. The van der Waals surface area contributed by atoms with Gasteiger partial charge in [0.15, 0.2) is 9.84 Å². The summed E-state index contributed by atoms with van der Waals surface area (Å²) in [5, 5.41) is 2.66. The molecule has 1 aromatic carbocycles. The third kappa shape index (κ3) is 2.79. The summed E-state index contributed by atoms with van der Waals surface area (Å²) >= 11 is 0. The molecule has 0 saturated carbocycles. The average Bonchev–Trinajstić information content (AvgIpc) is 2.64. The van der Waals surface area contributed by atoms with Gasteiger partial charge in [0.05, 0.1) is 16.7 Å². The van der Waals surface area contributed by atoms with E-state index in [4.69, 9.17) is 5.73 Å². The van der Waals surface area contributed by atoms with Crippen molar-refractivity contribution in [3.63, 3.8) is 0 Å². The number of benzene rings is 1. The number of hydrogen-bond acceptors (Lipinski definition) is 4. The SMILES string of the molecule is CC(C)[C@H](N)C(=O)Nc1ccc2c(c1)S(=O)(=O)CC2. The Balaban J connectivity index is 2.23. The molecule has 3 N–H and O–H groups in total. The number of aryl methyl sites for hydroxylation is 1. The molecule has 1 amide bonds. The molecular weight excluding hydrogens is 264 g/mol. The first kappa shape index (κ1) is 14.0. The van der Waals surface area contributed by atoms with E-state index < -0.39 is 15.9 Å². The molecule has 1 aliphatic heterocycles. The summed E-state index contributed by atoms with van der Waals surface area (Å²) in [5.41, 5.74) is 7.03. The number of nitrogens with one attached hydrogen (secondary N) is 1. The molecule has 1 atom stereocenters. The largest absolute Gasteiger partial charge is 0.325 e. The van der Waals surface area contributed by atoms with E-state index in [2.05, 4.69) is 5.32 Å². The van der Waals surface area contributed by atoms with E-state index in [1.807, 2.05) is 13.8 Å². The lowest BCUT2D eigenvalue weighted by molar-refractivity contribution is -0.118. The molecule has 0 spiro atoms. The molecule has 0 radical (unpaired) electrons. The summed E-state index contributed by atoms with van der Waals surface area (Å²) in [5.74, 6) is -0.130. The summed E-state index contributed by atoms with van der Waals surface area (Å²) in [6.07, 6.45) is 0.539. The lowest BCUT2D eigenvalue weighted by atomic mass is 10.0. The number of carbonyl (C=O) groups is 1. The van der Waals surface area contributed by atoms with Crippen LogP contribution >= 0.6 is 0 Å². The second kappa shape index (κ2) is 4.94. The van der Waals surface area contributed by atoms with Gasteiger partial charge in [-0.3, -0.25) is 4.79 Å². The van der Waals surface area contributed by atoms with E-state index in [0.29, 0.717) is 17.0 Å². The fraction of sp³-hybridized carbons (Fsp3) is 0.462. The lowest BCUT2D eigenvalue weighted by Gasteiger charge is -2.15. The third-order valence-corrected chi connectivity index (χ3v) is 5.12. The molecule has 19 heavy (non-hydrogen) atoms. The Labute approximate surface area is 113 Å². The van der Waals surface area contributed by atoms with Crippen molar-refractivity contribution in [2.75, 3.05) is 11.1 Å². The van der Waals surface area contributed by atoms with Gasteiger partial charge in [-0.2, -0.15) is 0 Å². The minimum atomic E-state index is -3.18. The van der Waals surface area contributed by atoms with Crippen molar-refractivity contribution in [2.24, 2.45) is 11.7 Å². The van der Waals surface area contributed by atoms with E-state index in [-0.39, 0.29) is 17.6 Å². The quantitative estimate of drug-likeness (QED) is 0.863. The molecule has 1 heterocycles. The van der Waals surface area contributed by atoms with Crippen molar-refractivity contribution in [1.82, 2.24) is 0 Å². The third-order valence-electron chi connectivity index (χ3n) is 3.33. The Bertz CT molecular complexity index is 608. The van der Waals surface area contributed by atoms with Crippen LogP contribution in [0.4, 0.5) is 5.69 Å². The van der Waals surface area contributed by atoms with E-state index in [1.165, 1.54) is 6.07 Å². The zero-order valence-electron chi connectivity index (χ0n) is 11.0. The van der Waals surface area contributed by atoms with Crippen LogP contribution in [0.25, 0.3) is 0 Å². The topological polar surface area (TPSA) is 89.3 Å². The predicted octanol–water partition coefficient (Wildman–Crippen LogP) is 0.938. The van der Waals surface area contributed by atoms with Crippen molar-refractivity contribution < 1.29 is 13.2 Å². The highest BCUT2D eigenvalue weighted by Crippen LogP contribution is 2.28. The van der Waals surface area contributed by atoms with Gasteiger partial charge in [-0.05, 0) is 30.0 Å². The summed E-state index contributed by atoms with van der Waals surface area (Å²) in [6.45, 7) is 3.72. The number of nitrogens with two attached hydrogens (primary N) is 1. The van der Waals surface area contributed by atoms with Crippen molar-refractivity contribution in [2.45, 2.75) is 31.2 Å². The highest BCUT2D eigenvalue weighted by molar-refractivity contribution is 7.91. The van der Waals surface area contributed by atoms with Gasteiger partial charge in [0.2, 0.25) is 5.91 Å². The van der Waals surface area contributed by atoms with Gasteiger partial charge in [0.25, 0.3) is 0 Å². The monoisotopic (exact) mass is 282 g/mol. The van der Waals surface area contributed by atoms with E-state index in [0.717, 1.165) is 5.56 Å². The molecule has 0 fully saturated rings. The molecule has 0 aliphatic carbocycles. The number of carbonyl (C=O) groups excluding carboxylic acids is 1. The first-order chi connectivity index (χ1) is 8.81. The van der Waals surface area contributed by atoms with Crippen LogP contribution in [-0.4, -0.2) is 26.1 Å². The van der Waals surface area contributed by atoms with Gasteiger partial charge >= 0.3 is 0 Å². The van der Waals surface area contributed by atoms with Gasteiger partial charge < -0.3 is 11.1 Å².